The Balaban J connectivity index is 2.08. The smallest absolute Gasteiger partial charge is 0.0794 e. The van der Waals surface area contributed by atoms with Gasteiger partial charge in [-0.3, -0.25) is 0 Å². The van der Waals surface area contributed by atoms with Gasteiger partial charge in [0.2, 0.25) is 0 Å². The molecule has 2 bridgehead atoms. The first-order valence-corrected chi connectivity index (χ1v) is 5.99. The summed E-state index contributed by atoms with van der Waals surface area (Å²) in [5.41, 5.74) is 9.84. The predicted octanol–water partition coefficient (Wildman–Crippen LogP) is 4.01. The van der Waals surface area contributed by atoms with Crippen molar-refractivity contribution in [2.24, 2.45) is 17.0 Å². The van der Waals surface area contributed by atoms with Crippen molar-refractivity contribution in [1.82, 2.24) is 0 Å². The van der Waals surface area contributed by atoms with Crippen molar-refractivity contribution >= 4 is 0 Å². The second-order valence-corrected chi connectivity index (χ2v) is 4.94. The summed E-state index contributed by atoms with van der Waals surface area (Å²) in [6.07, 6.45) is 4.97. The minimum absolute atomic E-state index is 0.214. The molecule has 2 aliphatic rings. The van der Waals surface area contributed by atoms with Gasteiger partial charge in [-0.1, -0.05) is 41.9 Å². The van der Waals surface area contributed by atoms with Crippen LogP contribution >= 0.6 is 0 Å². The Bertz CT molecular complexity index is 420. The molecule has 1 aromatic carbocycles. The Morgan fingerprint density at radius 1 is 1.19 bits per heavy atom. The van der Waals surface area contributed by atoms with Crippen LogP contribution in [-0.4, -0.2) is 0 Å². The number of fused-ring (bicyclic) bond motifs is 2. The molecular formula is C13H15N3. The minimum atomic E-state index is -0.214. The number of azide groups is 1. The van der Waals surface area contributed by atoms with Crippen LogP contribution in [0.15, 0.2) is 35.4 Å². The van der Waals surface area contributed by atoms with Gasteiger partial charge in [0, 0.05) is 4.91 Å². The summed E-state index contributed by atoms with van der Waals surface area (Å²) in [7, 11) is 0. The van der Waals surface area contributed by atoms with Crippen molar-refractivity contribution < 1.29 is 0 Å². The summed E-state index contributed by atoms with van der Waals surface area (Å²) in [5.74, 6) is 1.15. The molecule has 0 radical (unpaired) electrons. The highest BCUT2D eigenvalue weighted by Crippen LogP contribution is 2.61. The molecule has 1 aromatic rings. The summed E-state index contributed by atoms with van der Waals surface area (Å²) in [6, 6.07) is 10.3. The molecule has 0 spiro atoms. The molecule has 0 aromatic heterocycles. The van der Waals surface area contributed by atoms with E-state index in [2.05, 4.69) is 22.2 Å². The van der Waals surface area contributed by atoms with Gasteiger partial charge in [0.25, 0.3) is 0 Å². The summed E-state index contributed by atoms with van der Waals surface area (Å²) in [4.78, 5) is 3.11. The van der Waals surface area contributed by atoms with Gasteiger partial charge in [-0.2, -0.15) is 0 Å². The van der Waals surface area contributed by atoms with E-state index in [4.69, 9.17) is 5.53 Å². The summed E-state index contributed by atoms with van der Waals surface area (Å²) >= 11 is 0. The molecule has 0 heterocycles. The van der Waals surface area contributed by atoms with Gasteiger partial charge in [-0.05, 0) is 42.2 Å². The third kappa shape index (κ3) is 1.12. The standard InChI is InChI=1S/C13H15N3/c14-16-15-13(10-5-2-1-3-6-10)11-7-4-8-12(13)9-11/h1-3,5-6,11-12H,4,7-9H2. The van der Waals surface area contributed by atoms with Crippen LogP contribution in [0.4, 0.5) is 0 Å². The van der Waals surface area contributed by atoms with E-state index in [-0.39, 0.29) is 5.54 Å². The fraction of sp³-hybridized carbons (Fsp3) is 0.538. The molecule has 0 saturated heterocycles. The molecular weight excluding hydrogens is 198 g/mol. The maximum atomic E-state index is 8.84. The zero-order valence-corrected chi connectivity index (χ0v) is 9.21. The van der Waals surface area contributed by atoms with Crippen LogP contribution in [0.3, 0.4) is 0 Å². The van der Waals surface area contributed by atoms with E-state index in [1.807, 2.05) is 18.2 Å². The number of benzene rings is 1. The first-order chi connectivity index (χ1) is 7.88. The maximum Gasteiger partial charge on any atom is 0.0794 e. The largest absolute Gasteiger partial charge is 0.0820 e. The molecule has 0 aliphatic heterocycles. The van der Waals surface area contributed by atoms with E-state index in [1.165, 1.54) is 31.2 Å². The zero-order chi connectivity index (χ0) is 11.0. The van der Waals surface area contributed by atoms with Crippen LogP contribution in [0, 0.1) is 11.8 Å². The SMILES string of the molecule is [N-]=[N+]=NC1(c2ccccc2)C2CCCC1C2. The quantitative estimate of drug-likeness (QED) is 0.405. The van der Waals surface area contributed by atoms with E-state index >= 15 is 0 Å². The van der Waals surface area contributed by atoms with Crippen LogP contribution in [-0.2, 0) is 5.54 Å². The van der Waals surface area contributed by atoms with Gasteiger partial charge in [0.1, 0.15) is 0 Å². The number of hydrogen-bond acceptors (Lipinski definition) is 1. The Kier molecular flexibility index (Phi) is 2.15. The zero-order valence-electron chi connectivity index (χ0n) is 9.21. The summed E-state index contributed by atoms with van der Waals surface area (Å²) < 4.78 is 0. The fourth-order valence-corrected chi connectivity index (χ4v) is 3.63. The van der Waals surface area contributed by atoms with Crippen LogP contribution in [0.1, 0.15) is 31.2 Å². The normalized spacial score (nSPS) is 36.0. The molecule has 16 heavy (non-hydrogen) atoms. The van der Waals surface area contributed by atoms with E-state index < -0.39 is 0 Å². The average molecular weight is 213 g/mol. The van der Waals surface area contributed by atoms with Crippen molar-refractivity contribution in [2.45, 2.75) is 31.2 Å². The molecule has 2 fully saturated rings. The first-order valence-electron chi connectivity index (χ1n) is 5.99. The third-order valence-corrected chi connectivity index (χ3v) is 4.37. The number of rotatable bonds is 2. The van der Waals surface area contributed by atoms with E-state index in [0.717, 1.165) is 0 Å². The summed E-state index contributed by atoms with van der Waals surface area (Å²) in [6.45, 7) is 0. The molecule has 2 aliphatic carbocycles. The predicted molar refractivity (Wildman–Crippen MR) is 62.7 cm³/mol. The first kappa shape index (κ1) is 9.73. The molecule has 0 N–H and O–H groups in total. The lowest BCUT2D eigenvalue weighted by Crippen LogP contribution is -2.53. The molecule has 2 saturated carbocycles. The average Bonchev–Trinajstić information content (AvgIpc) is 2.37. The van der Waals surface area contributed by atoms with Crippen LogP contribution in [0.5, 0.6) is 0 Å². The number of nitrogens with zero attached hydrogens (tertiary/aromatic N) is 3. The van der Waals surface area contributed by atoms with E-state index in [1.54, 1.807) is 0 Å². The van der Waals surface area contributed by atoms with Crippen LogP contribution in [0.25, 0.3) is 10.4 Å². The minimum Gasteiger partial charge on any atom is -0.0820 e. The van der Waals surface area contributed by atoms with Crippen molar-refractivity contribution in [1.29, 1.82) is 0 Å². The van der Waals surface area contributed by atoms with Gasteiger partial charge in [-0.15, -0.1) is 0 Å². The molecule has 3 nitrogen and oxygen atoms in total. The Morgan fingerprint density at radius 3 is 2.44 bits per heavy atom. The lowest BCUT2D eigenvalue weighted by atomic mass is 9.50. The monoisotopic (exact) mass is 213 g/mol. The third-order valence-electron chi connectivity index (χ3n) is 4.37. The summed E-state index contributed by atoms with van der Waals surface area (Å²) in [5, 5.41) is 4.20. The van der Waals surface area contributed by atoms with Gasteiger partial charge >= 0.3 is 0 Å². The topological polar surface area (TPSA) is 48.8 Å². The highest BCUT2D eigenvalue weighted by Gasteiger charge is 2.56. The van der Waals surface area contributed by atoms with E-state index in [0.29, 0.717) is 11.8 Å². The Labute approximate surface area is 95.1 Å². The highest BCUT2D eigenvalue weighted by molar-refractivity contribution is 5.31. The molecule has 82 valence electrons. The fourth-order valence-electron chi connectivity index (χ4n) is 3.63. The number of hydrogen-bond donors (Lipinski definition) is 0. The highest BCUT2D eigenvalue weighted by atomic mass is 15.2. The molecule has 2 unspecified atom stereocenters. The lowest BCUT2D eigenvalue weighted by Gasteiger charge is -2.57. The van der Waals surface area contributed by atoms with Gasteiger partial charge in [0.05, 0.1) is 5.54 Å². The second-order valence-electron chi connectivity index (χ2n) is 4.94. The Morgan fingerprint density at radius 2 is 1.88 bits per heavy atom. The second kappa shape index (κ2) is 3.53. The van der Waals surface area contributed by atoms with Crippen LogP contribution < -0.4 is 0 Å². The molecule has 3 rings (SSSR count). The van der Waals surface area contributed by atoms with Crippen LogP contribution in [0.2, 0.25) is 0 Å². The van der Waals surface area contributed by atoms with Crippen molar-refractivity contribution in [3.63, 3.8) is 0 Å². The van der Waals surface area contributed by atoms with Gasteiger partial charge < -0.3 is 0 Å². The van der Waals surface area contributed by atoms with Gasteiger partial charge in [-0.25, -0.2) is 0 Å². The Hall–Kier alpha value is -1.47. The molecule has 3 heteroatoms. The lowest BCUT2D eigenvalue weighted by molar-refractivity contribution is -0.0208. The van der Waals surface area contributed by atoms with Crippen molar-refractivity contribution in [3.8, 4) is 0 Å². The van der Waals surface area contributed by atoms with Crippen molar-refractivity contribution in [2.75, 3.05) is 0 Å². The molecule has 0 amide bonds. The van der Waals surface area contributed by atoms with Gasteiger partial charge in [0.15, 0.2) is 0 Å². The maximum absolute atomic E-state index is 8.84. The molecule has 2 atom stereocenters. The van der Waals surface area contributed by atoms with Crippen molar-refractivity contribution in [3.05, 3.63) is 46.3 Å². The van der Waals surface area contributed by atoms with E-state index in [9.17, 15) is 0 Å².